The number of rotatable bonds is 8. The average Bonchev–Trinajstić information content (AvgIpc) is 2.46. The molecule has 0 saturated heterocycles. The highest BCUT2D eigenvalue weighted by Crippen LogP contribution is 2.30. The Balaban J connectivity index is 3.14. The van der Waals surface area contributed by atoms with Gasteiger partial charge < -0.3 is 9.47 Å². The zero-order valence-electron chi connectivity index (χ0n) is 12.0. The number of methoxy groups -OCH3 is 2. The molecule has 0 N–H and O–H groups in total. The standard InChI is InChI=1S/C15H22O4/c1-5-9-13(16-2)15(17-3)14(19-18-4)12-10-7-6-8-11-12/h6-8,10-11,14H,5,9H2,1-4H3. The van der Waals surface area contributed by atoms with Gasteiger partial charge in [-0.15, -0.1) is 0 Å². The summed E-state index contributed by atoms with van der Waals surface area (Å²) in [5.74, 6) is 1.41. The van der Waals surface area contributed by atoms with Crippen LogP contribution in [0, 0.1) is 0 Å². The van der Waals surface area contributed by atoms with Crippen LogP contribution in [0.2, 0.25) is 0 Å². The zero-order valence-corrected chi connectivity index (χ0v) is 12.0. The lowest BCUT2D eigenvalue weighted by atomic mass is 10.1. The molecule has 1 rings (SSSR count). The molecule has 0 radical (unpaired) electrons. The summed E-state index contributed by atoms with van der Waals surface area (Å²) in [6, 6.07) is 9.76. The Labute approximate surface area is 114 Å². The van der Waals surface area contributed by atoms with Gasteiger partial charge >= 0.3 is 0 Å². The Kier molecular flexibility index (Phi) is 7.00. The monoisotopic (exact) mass is 266 g/mol. The first-order valence-electron chi connectivity index (χ1n) is 6.33. The summed E-state index contributed by atoms with van der Waals surface area (Å²) in [5, 5.41) is 0. The molecule has 19 heavy (non-hydrogen) atoms. The van der Waals surface area contributed by atoms with Crippen LogP contribution in [-0.2, 0) is 19.2 Å². The number of allylic oxidation sites excluding steroid dienone is 1. The molecule has 4 heteroatoms. The van der Waals surface area contributed by atoms with Crippen LogP contribution in [0.15, 0.2) is 41.9 Å². The topological polar surface area (TPSA) is 36.9 Å². The van der Waals surface area contributed by atoms with Gasteiger partial charge in [-0.25, -0.2) is 9.78 Å². The number of ether oxygens (including phenoxy) is 2. The number of hydrogen-bond donors (Lipinski definition) is 0. The smallest absolute Gasteiger partial charge is 0.178 e. The van der Waals surface area contributed by atoms with E-state index < -0.39 is 6.10 Å². The fraction of sp³-hybridized carbons (Fsp3) is 0.467. The Morgan fingerprint density at radius 1 is 1.05 bits per heavy atom. The minimum Gasteiger partial charge on any atom is -0.497 e. The summed E-state index contributed by atoms with van der Waals surface area (Å²) in [5.41, 5.74) is 0.951. The number of hydrogen-bond acceptors (Lipinski definition) is 4. The van der Waals surface area contributed by atoms with Crippen molar-refractivity contribution in [2.24, 2.45) is 0 Å². The molecule has 0 aliphatic heterocycles. The lowest BCUT2D eigenvalue weighted by Crippen LogP contribution is -2.12. The van der Waals surface area contributed by atoms with E-state index in [-0.39, 0.29) is 0 Å². The molecule has 1 aromatic carbocycles. The van der Waals surface area contributed by atoms with Crippen molar-refractivity contribution in [3.8, 4) is 0 Å². The Bertz CT molecular complexity index is 386. The van der Waals surface area contributed by atoms with Crippen LogP contribution in [0.25, 0.3) is 0 Å². The van der Waals surface area contributed by atoms with Gasteiger partial charge in [0.15, 0.2) is 11.9 Å². The molecule has 0 aromatic heterocycles. The highest BCUT2D eigenvalue weighted by atomic mass is 17.2. The van der Waals surface area contributed by atoms with Crippen molar-refractivity contribution in [3.05, 3.63) is 47.4 Å². The zero-order chi connectivity index (χ0) is 14.1. The molecule has 0 saturated carbocycles. The molecule has 106 valence electrons. The first-order valence-corrected chi connectivity index (χ1v) is 6.33. The average molecular weight is 266 g/mol. The van der Waals surface area contributed by atoms with Crippen LogP contribution in [0.4, 0.5) is 0 Å². The minimum absolute atomic E-state index is 0.433. The molecule has 0 bridgehead atoms. The second kappa shape index (κ2) is 8.56. The molecular formula is C15H22O4. The normalized spacial score (nSPS) is 13.7. The van der Waals surface area contributed by atoms with E-state index in [2.05, 4.69) is 6.92 Å². The molecule has 0 aliphatic rings. The summed E-state index contributed by atoms with van der Waals surface area (Å²) < 4.78 is 10.9. The number of benzene rings is 1. The lowest BCUT2D eigenvalue weighted by Gasteiger charge is -2.21. The van der Waals surface area contributed by atoms with Gasteiger partial charge in [-0.3, -0.25) is 0 Å². The van der Waals surface area contributed by atoms with Crippen LogP contribution in [0.3, 0.4) is 0 Å². The van der Waals surface area contributed by atoms with Crippen LogP contribution in [0.1, 0.15) is 31.4 Å². The van der Waals surface area contributed by atoms with E-state index in [1.807, 2.05) is 30.3 Å². The quantitative estimate of drug-likeness (QED) is 0.409. The SMILES string of the molecule is CCCC(OC)=C(OC)C(OOC)c1ccccc1. The highest BCUT2D eigenvalue weighted by Gasteiger charge is 2.23. The maximum atomic E-state index is 5.47. The molecule has 0 fully saturated rings. The summed E-state index contributed by atoms with van der Waals surface area (Å²) in [7, 11) is 4.73. The van der Waals surface area contributed by atoms with Crippen LogP contribution >= 0.6 is 0 Å². The van der Waals surface area contributed by atoms with Crippen LogP contribution in [0.5, 0.6) is 0 Å². The molecule has 1 atom stereocenters. The summed E-state index contributed by atoms with van der Waals surface area (Å²) >= 11 is 0. The largest absolute Gasteiger partial charge is 0.497 e. The van der Waals surface area contributed by atoms with E-state index >= 15 is 0 Å². The molecular weight excluding hydrogens is 244 g/mol. The summed E-state index contributed by atoms with van der Waals surface area (Å²) in [6.07, 6.45) is 1.32. The van der Waals surface area contributed by atoms with Crippen molar-refractivity contribution in [2.75, 3.05) is 21.3 Å². The van der Waals surface area contributed by atoms with Crippen molar-refractivity contribution in [2.45, 2.75) is 25.9 Å². The van der Waals surface area contributed by atoms with Crippen molar-refractivity contribution in [3.63, 3.8) is 0 Å². The second-order valence-electron chi connectivity index (χ2n) is 4.00. The third-order valence-corrected chi connectivity index (χ3v) is 2.75. The van der Waals surface area contributed by atoms with E-state index in [0.717, 1.165) is 24.2 Å². The van der Waals surface area contributed by atoms with Gasteiger partial charge in [0.25, 0.3) is 0 Å². The van der Waals surface area contributed by atoms with Gasteiger partial charge in [-0.2, -0.15) is 0 Å². The van der Waals surface area contributed by atoms with Crippen molar-refractivity contribution < 1.29 is 19.2 Å². The van der Waals surface area contributed by atoms with Crippen molar-refractivity contribution in [1.82, 2.24) is 0 Å². The fourth-order valence-corrected chi connectivity index (χ4v) is 1.89. The van der Waals surface area contributed by atoms with Gasteiger partial charge in [0, 0.05) is 6.42 Å². The Hall–Kier alpha value is -1.52. The minimum atomic E-state index is -0.433. The van der Waals surface area contributed by atoms with E-state index in [0.29, 0.717) is 5.76 Å². The molecule has 0 spiro atoms. The highest BCUT2D eigenvalue weighted by molar-refractivity contribution is 5.25. The van der Waals surface area contributed by atoms with E-state index in [1.165, 1.54) is 7.11 Å². The molecule has 0 heterocycles. The van der Waals surface area contributed by atoms with E-state index in [9.17, 15) is 0 Å². The van der Waals surface area contributed by atoms with Gasteiger partial charge in [0.2, 0.25) is 0 Å². The third kappa shape index (κ3) is 4.26. The predicted molar refractivity (Wildman–Crippen MR) is 73.2 cm³/mol. The van der Waals surface area contributed by atoms with E-state index in [4.69, 9.17) is 19.2 Å². The first kappa shape index (κ1) is 15.5. The maximum absolute atomic E-state index is 5.47. The predicted octanol–water partition coefficient (Wildman–Crippen LogP) is 3.61. The van der Waals surface area contributed by atoms with Gasteiger partial charge in [0.05, 0.1) is 21.3 Å². The second-order valence-corrected chi connectivity index (χ2v) is 4.00. The molecule has 0 amide bonds. The third-order valence-electron chi connectivity index (χ3n) is 2.75. The fourth-order valence-electron chi connectivity index (χ4n) is 1.89. The Morgan fingerprint density at radius 2 is 1.74 bits per heavy atom. The molecule has 0 aliphatic carbocycles. The van der Waals surface area contributed by atoms with Gasteiger partial charge in [-0.1, -0.05) is 37.3 Å². The first-order chi connectivity index (χ1) is 9.28. The van der Waals surface area contributed by atoms with Crippen molar-refractivity contribution in [1.29, 1.82) is 0 Å². The van der Waals surface area contributed by atoms with Crippen LogP contribution < -0.4 is 0 Å². The summed E-state index contributed by atoms with van der Waals surface area (Å²) in [6.45, 7) is 2.08. The summed E-state index contributed by atoms with van der Waals surface area (Å²) in [4.78, 5) is 10.2. The lowest BCUT2D eigenvalue weighted by molar-refractivity contribution is -0.305. The van der Waals surface area contributed by atoms with Crippen LogP contribution in [-0.4, -0.2) is 21.3 Å². The van der Waals surface area contributed by atoms with E-state index in [1.54, 1.807) is 14.2 Å². The van der Waals surface area contributed by atoms with Crippen molar-refractivity contribution >= 4 is 0 Å². The molecule has 1 aromatic rings. The maximum Gasteiger partial charge on any atom is 0.178 e. The molecule has 1 unspecified atom stereocenters. The Morgan fingerprint density at radius 3 is 2.21 bits per heavy atom. The van der Waals surface area contributed by atoms with Gasteiger partial charge in [-0.05, 0) is 12.0 Å². The van der Waals surface area contributed by atoms with Gasteiger partial charge in [0.1, 0.15) is 5.76 Å². The molecule has 4 nitrogen and oxygen atoms in total.